The molecule has 2 amide bonds. The maximum absolute atomic E-state index is 13.5. The molecule has 6 heteroatoms. The van der Waals surface area contributed by atoms with Crippen LogP contribution in [0.4, 0.5) is 5.69 Å². The molecule has 156 valence electrons. The van der Waals surface area contributed by atoms with E-state index in [2.05, 4.69) is 0 Å². The molecule has 0 saturated carbocycles. The Labute approximate surface area is 185 Å². The first kappa shape index (κ1) is 19.8. The molecular formula is C25H21ClN2O3. The van der Waals surface area contributed by atoms with E-state index < -0.39 is 18.1 Å². The fraction of sp³-hybridized carbons (Fsp3) is 0.200. The average molecular weight is 433 g/mol. The lowest BCUT2D eigenvalue weighted by molar-refractivity contribution is -0.143. The average Bonchev–Trinajstić information content (AvgIpc) is 3.28. The van der Waals surface area contributed by atoms with Gasteiger partial charge in [-0.25, -0.2) is 5.06 Å². The van der Waals surface area contributed by atoms with E-state index >= 15 is 0 Å². The summed E-state index contributed by atoms with van der Waals surface area (Å²) in [6.07, 6.45) is -0.849. The van der Waals surface area contributed by atoms with Crippen LogP contribution in [0.1, 0.15) is 22.7 Å². The molecule has 5 nitrogen and oxygen atoms in total. The number of hydroxylamine groups is 1. The van der Waals surface area contributed by atoms with Gasteiger partial charge in [0.1, 0.15) is 5.92 Å². The maximum Gasteiger partial charge on any atom is 0.262 e. The summed E-state index contributed by atoms with van der Waals surface area (Å²) >= 11 is 6.09. The number of imide groups is 1. The number of halogens is 1. The molecule has 0 N–H and O–H groups in total. The Hall–Kier alpha value is -3.15. The summed E-state index contributed by atoms with van der Waals surface area (Å²) in [6, 6.07) is 24.3. The Morgan fingerprint density at radius 1 is 0.871 bits per heavy atom. The summed E-state index contributed by atoms with van der Waals surface area (Å²) in [6.45, 7) is 2.25. The number of carbonyl (C=O) groups is 2. The molecule has 3 aromatic carbocycles. The lowest BCUT2D eigenvalue weighted by atomic mass is 9.90. The zero-order valence-corrected chi connectivity index (χ0v) is 17.7. The summed E-state index contributed by atoms with van der Waals surface area (Å²) < 4.78 is 0. The molecule has 0 aliphatic carbocycles. The topological polar surface area (TPSA) is 49.9 Å². The Morgan fingerprint density at radius 2 is 1.55 bits per heavy atom. The van der Waals surface area contributed by atoms with Crippen molar-refractivity contribution in [3.05, 3.63) is 101 Å². The highest BCUT2D eigenvalue weighted by Crippen LogP contribution is 2.47. The predicted molar refractivity (Wildman–Crippen MR) is 118 cm³/mol. The van der Waals surface area contributed by atoms with E-state index in [1.54, 1.807) is 17.2 Å². The van der Waals surface area contributed by atoms with Crippen LogP contribution in [0.25, 0.3) is 0 Å². The van der Waals surface area contributed by atoms with E-state index in [1.165, 1.54) is 4.90 Å². The third-order valence-electron chi connectivity index (χ3n) is 5.89. The van der Waals surface area contributed by atoms with Crippen molar-refractivity contribution in [1.29, 1.82) is 0 Å². The third-order valence-corrected chi connectivity index (χ3v) is 6.14. The van der Waals surface area contributed by atoms with Crippen molar-refractivity contribution < 1.29 is 14.4 Å². The highest BCUT2D eigenvalue weighted by Gasteiger charge is 2.59. The number of nitrogens with zero attached hydrogens (tertiary/aromatic N) is 2. The van der Waals surface area contributed by atoms with Gasteiger partial charge in [0.2, 0.25) is 5.91 Å². The van der Waals surface area contributed by atoms with Crippen LogP contribution in [0, 0.1) is 12.8 Å². The summed E-state index contributed by atoms with van der Waals surface area (Å²) in [4.78, 5) is 34.1. The molecule has 2 aliphatic rings. The molecule has 31 heavy (non-hydrogen) atoms. The fourth-order valence-electron chi connectivity index (χ4n) is 4.31. The van der Waals surface area contributed by atoms with Gasteiger partial charge in [-0.1, -0.05) is 71.8 Å². The molecule has 3 aromatic rings. The van der Waals surface area contributed by atoms with Gasteiger partial charge in [0.25, 0.3) is 5.91 Å². The lowest BCUT2D eigenvalue weighted by Crippen LogP contribution is -2.36. The van der Waals surface area contributed by atoms with Crippen LogP contribution in [-0.2, 0) is 21.0 Å². The largest absolute Gasteiger partial charge is 0.275 e. The molecule has 0 spiro atoms. The number of aryl methyl sites for hydroxylation is 1. The summed E-state index contributed by atoms with van der Waals surface area (Å²) in [5, 5.41) is 2.31. The number of amides is 2. The Kier molecular flexibility index (Phi) is 5.00. The van der Waals surface area contributed by atoms with Crippen LogP contribution in [-0.4, -0.2) is 22.8 Å². The second-order valence-corrected chi connectivity index (χ2v) is 8.39. The molecular weight excluding hydrogens is 412 g/mol. The minimum atomic E-state index is -0.849. The van der Waals surface area contributed by atoms with Crippen molar-refractivity contribution in [2.24, 2.45) is 5.92 Å². The number of anilines is 1. The lowest BCUT2D eigenvalue weighted by Gasteiger charge is -2.29. The number of benzene rings is 3. The third kappa shape index (κ3) is 3.50. The maximum atomic E-state index is 13.5. The van der Waals surface area contributed by atoms with Crippen molar-refractivity contribution in [3.63, 3.8) is 0 Å². The van der Waals surface area contributed by atoms with E-state index in [1.807, 2.05) is 73.7 Å². The van der Waals surface area contributed by atoms with E-state index in [0.29, 0.717) is 5.02 Å². The number of hydrogen-bond donors (Lipinski definition) is 0. The zero-order chi connectivity index (χ0) is 21.5. The van der Waals surface area contributed by atoms with Gasteiger partial charge < -0.3 is 0 Å². The molecule has 2 aliphatic heterocycles. The van der Waals surface area contributed by atoms with Crippen LogP contribution < -0.4 is 5.06 Å². The minimum absolute atomic E-state index is 0.214. The van der Waals surface area contributed by atoms with Crippen molar-refractivity contribution in [1.82, 2.24) is 4.90 Å². The minimum Gasteiger partial charge on any atom is -0.275 e. The number of carbonyl (C=O) groups excluding carboxylic acids is 2. The molecule has 2 heterocycles. The SMILES string of the molecule is Cc1ccc(N2O[C@@H]3C(=O)N(Cc4ccccc4)C(=O)[C@@H]3[C@@H]2c2ccc(Cl)cc2)cc1. The molecule has 2 saturated heterocycles. The van der Waals surface area contributed by atoms with Gasteiger partial charge in [-0.2, -0.15) is 0 Å². The molecule has 2 fully saturated rings. The van der Waals surface area contributed by atoms with Crippen LogP contribution in [0.2, 0.25) is 5.02 Å². The first-order valence-corrected chi connectivity index (χ1v) is 10.6. The summed E-state index contributed by atoms with van der Waals surface area (Å²) in [7, 11) is 0. The fourth-order valence-corrected chi connectivity index (χ4v) is 4.43. The summed E-state index contributed by atoms with van der Waals surface area (Å²) in [5.74, 6) is -1.14. The van der Waals surface area contributed by atoms with Crippen molar-refractivity contribution >= 4 is 29.1 Å². The number of fused-ring (bicyclic) bond motifs is 1. The van der Waals surface area contributed by atoms with Crippen LogP contribution in [0.15, 0.2) is 78.9 Å². The van der Waals surface area contributed by atoms with Crippen LogP contribution in [0.5, 0.6) is 0 Å². The van der Waals surface area contributed by atoms with Crippen LogP contribution in [0.3, 0.4) is 0 Å². The van der Waals surface area contributed by atoms with E-state index in [-0.39, 0.29) is 18.4 Å². The number of hydrogen-bond acceptors (Lipinski definition) is 4. The second kappa shape index (κ2) is 7.84. The second-order valence-electron chi connectivity index (χ2n) is 7.96. The Morgan fingerprint density at radius 3 is 2.23 bits per heavy atom. The quantitative estimate of drug-likeness (QED) is 0.561. The monoisotopic (exact) mass is 432 g/mol. The van der Waals surface area contributed by atoms with Gasteiger partial charge in [0.15, 0.2) is 6.10 Å². The zero-order valence-electron chi connectivity index (χ0n) is 16.9. The van der Waals surface area contributed by atoms with E-state index in [0.717, 1.165) is 22.4 Å². The van der Waals surface area contributed by atoms with Gasteiger partial charge in [-0.3, -0.25) is 19.3 Å². The highest BCUT2D eigenvalue weighted by atomic mass is 35.5. The van der Waals surface area contributed by atoms with Gasteiger partial charge in [-0.05, 0) is 42.3 Å². The molecule has 5 rings (SSSR count). The van der Waals surface area contributed by atoms with E-state index in [9.17, 15) is 9.59 Å². The normalized spacial score (nSPS) is 22.8. The standard InChI is InChI=1S/C25H21ClN2O3/c1-16-7-13-20(14-8-16)28-22(18-9-11-19(26)12-10-18)21-23(31-28)25(30)27(24(21)29)15-17-5-3-2-4-6-17/h2-14,21-23H,15H2,1H3/t21-,22+,23+/m1/s1. The van der Waals surface area contributed by atoms with Crippen molar-refractivity contribution in [2.75, 3.05) is 5.06 Å². The van der Waals surface area contributed by atoms with Crippen LogP contribution >= 0.6 is 11.6 Å². The first-order valence-electron chi connectivity index (χ1n) is 10.2. The van der Waals surface area contributed by atoms with Gasteiger partial charge in [0, 0.05) is 5.02 Å². The Balaban J connectivity index is 1.52. The van der Waals surface area contributed by atoms with Crippen molar-refractivity contribution in [2.45, 2.75) is 25.6 Å². The van der Waals surface area contributed by atoms with Gasteiger partial charge in [0.05, 0.1) is 18.3 Å². The predicted octanol–water partition coefficient (Wildman–Crippen LogP) is 4.70. The number of rotatable bonds is 4. The molecule has 0 radical (unpaired) electrons. The molecule has 0 unspecified atom stereocenters. The number of likely N-dealkylation sites (tertiary alicyclic amines) is 1. The van der Waals surface area contributed by atoms with E-state index in [4.69, 9.17) is 16.4 Å². The van der Waals surface area contributed by atoms with Gasteiger partial charge >= 0.3 is 0 Å². The molecule has 0 bridgehead atoms. The first-order chi connectivity index (χ1) is 15.0. The summed E-state index contributed by atoms with van der Waals surface area (Å²) in [5.41, 5.74) is 3.70. The molecule has 0 aromatic heterocycles. The highest BCUT2D eigenvalue weighted by molar-refractivity contribution is 6.30. The van der Waals surface area contributed by atoms with Gasteiger partial charge in [-0.15, -0.1) is 0 Å². The Bertz CT molecular complexity index is 1120. The molecule has 3 atom stereocenters. The smallest absolute Gasteiger partial charge is 0.262 e. The van der Waals surface area contributed by atoms with Crippen molar-refractivity contribution in [3.8, 4) is 0 Å².